The Hall–Kier alpha value is -2.14. The highest BCUT2D eigenvalue weighted by atomic mass is 79.9. The first-order chi connectivity index (χ1) is 13.9. The molecule has 1 aromatic heterocycles. The van der Waals surface area contributed by atoms with E-state index in [-0.39, 0.29) is 10.5 Å². The summed E-state index contributed by atoms with van der Waals surface area (Å²) in [5.74, 6) is 0.0708. The lowest BCUT2D eigenvalue weighted by molar-refractivity contribution is 0.102. The molecule has 1 aliphatic heterocycles. The maximum atomic E-state index is 12.8. The number of hydrogen-bond donors (Lipinski definition) is 1. The number of hydrogen-bond acceptors (Lipinski definition) is 6. The van der Waals surface area contributed by atoms with Crippen molar-refractivity contribution in [1.82, 2.24) is 13.7 Å². The predicted octanol–water partition coefficient (Wildman–Crippen LogP) is 4.00. The summed E-state index contributed by atoms with van der Waals surface area (Å²) in [6.45, 7) is 1.01. The lowest BCUT2D eigenvalue weighted by atomic mass is 10.2. The van der Waals surface area contributed by atoms with Crippen LogP contribution in [0.2, 0.25) is 0 Å². The van der Waals surface area contributed by atoms with Crippen LogP contribution in [-0.4, -0.2) is 41.1 Å². The van der Waals surface area contributed by atoms with Gasteiger partial charge in [-0.05, 0) is 47.0 Å². The van der Waals surface area contributed by atoms with Crippen molar-refractivity contribution in [2.45, 2.75) is 17.7 Å². The lowest BCUT2D eigenvalue weighted by Crippen LogP contribution is -2.28. The van der Waals surface area contributed by atoms with Gasteiger partial charge in [-0.15, -0.1) is 0 Å². The summed E-state index contributed by atoms with van der Waals surface area (Å²) in [5, 5.41) is 3.05. The molecule has 3 aromatic rings. The second-order valence-electron chi connectivity index (χ2n) is 6.50. The molecule has 1 saturated heterocycles. The minimum absolute atomic E-state index is 0.106. The number of carbonyl (C=O) groups excluding carboxylic acids is 1. The van der Waals surface area contributed by atoms with Crippen molar-refractivity contribution in [2.24, 2.45) is 0 Å². The molecule has 2 aromatic carbocycles. The van der Waals surface area contributed by atoms with Crippen molar-refractivity contribution in [1.29, 1.82) is 0 Å². The largest absolute Gasteiger partial charge is 0.297 e. The number of benzene rings is 2. The monoisotopic (exact) mass is 492 g/mol. The molecule has 0 aliphatic carbocycles. The van der Waals surface area contributed by atoms with E-state index in [1.54, 1.807) is 6.07 Å². The van der Waals surface area contributed by atoms with Gasteiger partial charge in [0.2, 0.25) is 15.2 Å². The van der Waals surface area contributed by atoms with E-state index < -0.39 is 15.9 Å². The van der Waals surface area contributed by atoms with Gasteiger partial charge in [-0.2, -0.15) is 13.7 Å². The molecule has 0 unspecified atom stereocenters. The zero-order valence-electron chi connectivity index (χ0n) is 15.2. The van der Waals surface area contributed by atoms with Crippen molar-refractivity contribution in [2.75, 3.05) is 18.4 Å². The molecule has 29 heavy (non-hydrogen) atoms. The van der Waals surface area contributed by atoms with Crippen LogP contribution in [0.1, 0.15) is 23.2 Å². The number of sulfonamides is 1. The Morgan fingerprint density at radius 2 is 1.83 bits per heavy atom. The third-order valence-corrected chi connectivity index (χ3v) is 7.78. The highest BCUT2D eigenvalue weighted by Crippen LogP contribution is 2.27. The predicted molar refractivity (Wildman–Crippen MR) is 115 cm³/mol. The second-order valence-corrected chi connectivity index (χ2v) is 10.0. The molecule has 150 valence electrons. The lowest BCUT2D eigenvalue weighted by Gasteiger charge is -2.16. The molecule has 0 atom stereocenters. The van der Waals surface area contributed by atoms with Crippen molar-refractivity contribution in [3.8, 4) is 11.4 Å². The van der Waals surface area contributed by atoms with E-state index in [4.69, 9.17) is 0 Å². The number of amides is 1. The first-order valence-electron chi connectivity index (χ1n) is 8.95. The standard InChI is InChI=1S/C19H17BrN4O3S2/c20-16-9-8-14(29(26,27)24-10-4-5-11-24)12-15(16)18(25)22-19-21-17(23-28-19)13-6-2-1-3-7-13/h1-3,6-9,12H,4-5,10-11H2,(H,21,22,23,25). The van der Waals surface area contributed by atoms with E-state index in [2.05, 4.69) is 30.6 Å². The van der Waals surface area contributed by atoms with Gasteiger partial charge in [0.15, 0.2) is 5.82 Å². The van der Waals surface area contributed by atoms with Crippen LogP contribution >= 0.6 is 27.5 Å². The number of nitrogens with zero attached hydrogens (tertiary/aromatic N) is 3. The van der Waals surface area contributed by atoms with Gasteiger partial charge in [0.05, 0.1) is 10.5 Å². The first kappa shape index (κ1) is 20.1. The Morgan fingerprint density at radius 1 is 1.10 bits per heavy atom. The molecule has 2 heterocycles. The molecule has 1 aliphatic rings. The van der Waals surface area contributed by atoms with E-state index in [1.165, 1.54) is 16.4 Å². The molecule has 7 nitrogen and oxygen atoms in total. The fourth-order valence-corrected chi connectivity index (χ4v) is 5.61. The van der Waals surface area contributed by atoms with Crippen LogP contribution in [0.5, 0.6) is 0 Å². The molecule has 0 spiro atoms. The average molecular weight is 493 g/mol. The van der Waals surface area contributed by atoms with Gasteiger partial charge in [-0.3, -0.25) is 10.1 Å². The van der Waals surface area contributed by atoms with Gasteiger partial charge in [-0.1, -0.05) is 30.3 Å². The Morgan fingerprint density at radius 3 is 2.55 bits per heavy atom. The SMILES string of the molecule is O=C(Nc1nc(-c2ccccc2)ns1)c1cc(S(=O)(=O)N2CCCC2)ccc1Br. The second kappa shape index (κ2) is 8.31. The number of rotatable bonds is 5. The third kappa shape index (κ3) is 4.25. The molecule has 1 fully saturated rings. The summed E-state index contributed by atoms with van der Waals surface area (Å²) in [4.78, 5) is 17.2. The van der Waals surface area contributed by atoms with E-state index in [0.29, 0.717) is 28.5 Å². The fourth-order valence-electron chi connectivity index (χ4n) is 3.06. The van der Waals surface area contributed by atoms with Crippen LogP contribution in [-0.2, 0) is 10.0 Å². The topological polar surface area (TPSA) is 92.3 Å². The number of aromatic nitrogens is 2. The molecule has 1 N–H and O–H groups in total. The number of nitrogens with one attached hydrogen (secondary N) is 1. The average Bonchev–Trinajstić information content (AvgIpc) is 3.41. The fraction of sp³-hybridized carbons (Fsp3) is 0.211. The van der Waals surface area contributed by atoms with Crippen LogP contribution in [0.25, 0.3) is 11.4 Å². The third-order valence-electron chi connectivity index (χ3n) is 4.56. The van der Waals surface area contributed by atoms with Crippen LogP contribution in [0.4, 0.5) is 5.13 Å². The number of anilines is 1. The van der Waals surface area contributed by atoms with Gasteiger partial charge in [0.1, 0.15) is 0 Å². The van der Waals surface area contributed by atoms with E-state index in [9.17, 15) is 13.2 Å². The van der Waals surface area contributed by atoms with Crippen LogP contribution in [0, 0.1) is 0 Å². The van der Waals surface area contributed by atoms with E-state index >= 15 is 0 Å². The Bertz CT molecular complexity index is 1140. The minimum atomic E-state index is -3.61. The summed E-state index contributed by atoms with van der Waals surface area (Å²) in [6.07, 6.45) is 1.70. The van der Waals surface area contributed by atoms with E-state index in [0.717, 1.165) is 29.9 Å². The van der Waals surface area contributed by atoms with Gasteiger partial charge >= 0.3 is 0 Å². The number of carbonyl (C=O) groups is 1. The summed E-state index contributed by atoms with van der Waals surface area (Å²) in [5.41, 5.74) is 1.07. The van der Waals surface area contributed by atoms with E-state index in [1.807, 2.05) is 30.3 Å². The highest BCUT2D eigenvalue weighted by molar-refractivity contribution is 9.10. The first-order valence-corrected chi connectivity index (χ1v) is 12.0. The maximum absolute atomic E-state index is 12.8. The quantitative estimate of drug-likeness (QED) is 0.580. The van der Waals surface area contributed by atoms with Crippen LogP contribution in [0.3, 0.4) is 0 Å². The van der Waals surface area contributed by atoms with Crippen LogP contribution in [0.15, 0.2) is 57.9 Å². The maximum Gasteiger partial charge on any atom is 0.258 e. The Kier molecular flexibility index (Phi) is 5.77. The molecular formula is C19H17BrN4O3S2. The Balaban J connectivity index is 1.57. The normalized spacial score (nSPS) is 14.8. The van der Waals surface area contributed by atoms with Gasteiger partial charge in [0.25, 0.3) is 5.91 Å². The smallest absolute Gasteiger partial charge is 0.258 e. The molecule has 0 radical (unpaired) electrons. The molecule has 0 bridgehead atoms. The molecule has 1 amide bonds. The summed E-state index contributed by atoms with van der Waals surface area (Å²) >= 11 is 4.40. The van der Waals surface area contributed by atoms with Gasteiger partial charge in [0, 0.05) is 34.7 Å². The van der Waals surface area contributed by atoms with Crippen molar-refractivity contribution in [3.05, 3.63) is 58.6 Å². The minimum Gasteiger partial charge on any atom is -0.297 e. The summed E-state index contributed by atoms with van der Waals surface area (Å²) in [7, 11) is -3.61. The molecule has 10 heteroatoms. The zero-order chi connectivity index (χ0) is 20.4. The molecular weight excluding hydrogens is 476 g/mol. The van der Waals surface area contributed by atoms with Gasteiger partial charge in [-0.25, -0.2) is 8.42 Å². The Labute approximate surface area is 181 Å². The number of halogens is 1. The van der Waals surface area contributed by atoms with Crippen molar-refractivity contribution in [3.63, 3.8) is 0 Å². The van der Waals surface area contributed by atoms with Crippen molar-refractivity contribution >= 4 is 48.5 Å². The van der Waals surface area contributed by atoms with Crippen molar-refractivity contribution < 1.29 is 13.2 Å². The zero-order valence-corrected chi connectivity index (χ0v) is 18.4. The van der Waals surface area contributed by atoms with Crippen LogP contribution < -0.4 is 5.32 Å². The molecule has 0 saturated carbocycles. The summed E-state index contributed by atoms with van der Waals surface area (Å²) < 4.78 is 31.8. The molecule has 4 rings (SSSR count). The van der Waals surface area contributed by atoms with Gasteiger partial charge < -0.3 is 0 Å². The summed E-state index contributed by atoms with van der Waals surface area (Å²) in [6, 6.07) is 13.9. The highest BCUT2D eigenvalue weighted by Gasteiger charge is 2.28.